The van der Waals surface area contributed by atoms with Crippen LogP contribution in [0.25, 0.3) is 10.4 Å². The summed E-state index contributed by atoms with van der Waals surface area (Å²) in [5.41, 5.74) is 8.97. The lowest BCUT2D eigenvalue weighted by atomic mass is 10.2. The number of azide groups is 1. The molecule has 0 aromatic heterocycles. The third-order valence-electron chi connectivity index (χ3n) is 2.53. The summed E-state index contributed by atoms with van der Waals surface area (Å²) in [6, 6.07) is 4.76. The molecule has 0 aliphatic rings. The van der Waals surface area contributed by atoms with Crippen LogP contribution in [0.2, 0.25) is 0 Å². The lowest BCUT2D eigenvalue weighted by Crippen LogP contribution is -2.12. The van der Waals surface area contributed by atoms with E-state index in [4.69, 9.17) is 19.2 Å². The summed E-state index contributed by atoms with van der Waals surface area (Å²) in [4.78, 5) is 2.59. The number of hydrogen-bond acceptors (Lipinski definition) is 6. The van der Waals surface area contributed by atoms with E-state index in [1.54, 1.807) is 19.1 Å². The van der Waals surface area contributed by atoms with Crippen molar-refractivity contribution in [1.82, 2.24) is 0 Å². The van der Waals surface area contributed by atoms with Gasteiger partial charge in [-0.2, -0.15) is 8.42 Å². The number of rotatable bonds is 10. The van der Waals surface area contributed by atoms with Crippen LogP contribution in [0.1, 0.15) is 12.5 Å². The first-order valence-electron chi connectivity index (χ1n) is 6.72. The van der Waals surface area contributed by atoms with Gasteiger partial charge < -0.3 is 9.47 Å². The standard InChI is InChI=1S/C13H19N3O5S/c1-3-21-22(17,18)13-5-4-11(2)10-12(13)20-9-8-19-7-6-15-16-14/h4-5,10H,3,6-9H2,1-2H3. The number of ether oxygens (including phenoxy) is 2. The van der Waals surface area contributed by atoms with E-state index in [0.717, 1.165) is 5.56 Å². The van der Waals surface area contributed by atoms with Gasteiger partial charge in [0, 0.05) is 11.5 Å². The van der Waals surface area contributed by atoms with E-state index in [2.05, 4.69) is 10.0 Å². The molecule has 1 aromatic rings. The molecule has 0 N–H and O–H groups in total. The van der Waals surface area contributed by atoms with E-state index in [9.17, 15) is 8.42 Å². The lowest BCUT2D eigenvalue weighted by Gasteiger charge is -2.12. The number of nitrogens with zero attached hydrogens (tertiary/aromatic N) is 3. The van der Waals surface area contributed by atoms with Crippen molar-refractivity contribution < 1.29 is 22.1 Å². The van der Waals surface area contributed by atoms with Crippen LogP contribution in [0.4, 0.5) is 0 Å². The minimum Gasteiger partial charge on any atom is -0.490 e. The highest BCUT2D eigenvalue weighted by Crippen LogP contribution is 2.26. The second-order valence-electron chi connectivity index (χ2n) is 4.23. The van der Waals surface area contributed by atoms with E-state index in [-0.39, 0.29) is 43.6 Å². The maximum Gasteiger partial charge on any atom is 0.300 e. The molecule has 22 heavy (non-hydrogen) atoms. The van der Waals surface area contributed by atoms with E-state index in [1.807, 2.05) is 6.92 Å². The van der Waals surface area contributed by atoms with Gasteiger partial charge in [-0.1, -0.05) is 11.2 Å². The zero-order valence-electron chi connectivity index (χ0n) is 12.6. The highest BCUT2D eigenvalue weighted by atomic mass is 32.2. The number of aryl methyl sites for hydroxylation is 1. The first-order chi connectivity index (χ1) is 10.5. The third kappa shape index (κ3) is 5.90. The molecule has 0 radical (unpaired) electrons. The predicted octanol–water partition coefficient (Wildman–Crippen LogP) is 2.43. The first-order valence-corrected chi connectivity index (χ1v) is 8.13. The molecule has 0 amide bonds. The summed E-state index contributed by atoms with van der Waals surface area (Å²) >= 11 is 0. The van der Waals surface area contributed by atoms with Crippen molar-refractivity contribution in [3.63, 3.8) is 0 Å². The molecule has 0 saturated carbocycles. The van der Waals surface area contributed by atoms with Crippen molar-refractivity contribution in [2.75, 3.05) is 33.0 Å². The van der Waals surface area contributed by atoms with Crippen LogP contribution >= 0.6 is 0 Å². The molecule has 122 valence electrons. The Morgan fingerprint density at radius 3 is 2.73 bits per heavy atom. The van der Waals surface area contributed by atoms with Gasteiger partial charge in [0.2, 0.25) is 0 Å². The second-order valence-corrected chi connectivity index (χ2v) is 5.81. The van der Waals surface area contributed by atoms with Gasteiger partial charge in [-0.15, -0.1) is 0 Å². The van der Waals surface area contributed by atoms with Crippen molar-refractivity contribution in [2.24, 2.45) is 5.11 Å². The van der Waals surface area contributed by atoms with Crippen LogP contribution in [-0.4, -0.2) is 41.4 Å². The van der Waals surface area contributed by atoms with Crippen LogP contribution < -0.4 is 4.74 Å². The Bertz CT molecular complexity index is 627. The molecule has 0 heterocycles. The zero-order valence-corrected chi connectivity index (χ0v) is 13.4. The highest BCUT2D eigenvalue weighted by molar-refractivity contribution is 7.86. The Kier molecular flexibility index (Phi) is 7.69. The number of hydrogen-bond donors (Lipinski definition) is 0. The molecule has 9 heteroatoms. The molecule has 0 unspecified atom stereocenters. The lowest BCUT2D eigenvalue weighted by molar-refractivity contribution is 0.104. The van der Waals surface area contributed by atoms with Crippen molar-refractivity contribution >= 4 is 10.1 Å². The number of benzene rings is 1. The first kappa shape index (κ1) is 18.2. The van der Waals surface area contributed by atoms with Crippen LogP contribution in [0, 0.1) is 6.92 Å². The maximum atomic E-state index is 12.0. The largest absolute Gasteiger partial charge is 0.490 e. The van der Waals surface area contributed by atoms with Gasteiger partial charge in [-0.3, -0.25) is 4.18 Å². The molecule has 0 aliphatic carbocycles. The van der Waals surface area contributed by atoms with Gasteiger partial charge in [0.05, 0.1) is 19.8 Å². The molecule has 1 rings (SSSR count). The highest BCUT2D eigenvalue weighted by Gasteiger charge is 2.20. The fraction of sp³-hybridized carbons (Fsp3) is 0.538. The fourth-order valence-electron chi connectivity index (χ4n) is 1.62. The summed E-state index contributed by atoms with van der Waals surface area (Å²) in [5.74, 6) is 0.229. The fourth-order valence-corrected chi connectivity index (χ4v) is 2.65. The summed E-state index contributed by atoms with van der Waals surface area (Å²) in [5, 5.41) is 3.32. The predicted molar refractivity (Wildman–Crippen MR) is 80.3 cm³/mol. The molecule has 0 bridgehead atoms. The zero-order chi connectivity index (χ0) is 16.4. The molecule has 0 spiro atoms. The molecular formula is C13H19N3O5S. The summed E-state index contributed by atoms with van der Waals surface area (Å²) in [7, 11) is -3.83. The van der Waals surface area contributed by atoms with Crippen molar-refractivity contribution in [1.29, 1.82) is 0 Å². The molecule has 0 aliphatic heterocycles. The summed E-state index contributed by atoms with van der Waals surface area (Å²) in [6.07, 6.45) is 0. The van der Waals surface area contributed by atoms with Crippen molar-refractivity contribution in [3.05, 3.63) is 34.2 Å². The molecule has 0 fully saturated rings. The van der Waals surface area contributed by atoms with Gasteiger partial charge in [0.1, 0.15) is 17.3 Å². The summed E-state index contributed by atoms with van der Waals surface area (Å²) < 4.78 is 39.4. The summed E-state index contributed by atoms with van der Waals surface area (Å²) in [6.45, 7) is 4.44. The molecule has 0 atom stereocenters. The van der Waals surface area contributed by atoms with Crippen LogP contribution in [0.5, 0.6) is 5.75 Å². The Hall–Kier alpha value is -1.80. The Labute approximate surface area is 129 Å². The molecule has 1 aromatic carbocycles. The van der Waals surface area contributed by atoms with Crippen LogP contribution in [0.3, 0.4) is 0 Å². The molecular weight excluding hydrogens is 310 g/mol. The third-order valence-corrected chi connectivity index (χ3v) is 3.95. The van der Waals surface area contributed by atoms with E-state index in [1.165, 1.54) is 6.07 Å². The normalized spacial score (nSPS) is 11.0. The van der Waals surface area contributed by atoms with Gasteiger partial charge in [-0.05, 0) is 37.1 Å². The molecule has 8 nitrogen and oxygen atoms in total. The van der Waals surface area contributed by atoms with Gasteiger partial charge in [0.25, 0.3) is 0 Å². The van der Waals surface area contributed by atoms with Crippen molar-refractivity contribution in [3.8, 4) is 5.75 Å². The quantitative estimate of drug-likeness (QED) is 0.215. The second kappa shape index (κ2) is 9.26. The monoisotopic (exact) mass is 329 g/mol. The van der Waals surface area contributed by atoms with Crippen molar-refractivity contribution in [2.45, 2.75) is 18.7 Å². The molecule has 0 saturated heterocycles. The van der Waals surface area contributed by atoms with Gasteiger partial charge in [-0.25, -0.2) is 0 Å². The average molecular weight is 329 g/mol. The van der Waals surface area contributed by atoms with E-state index in [0.29, 0.717) is 0 Å². The average Bonchev–Trinajstić information content (AvgIpc) is 2.46. The maximum absolute atomic E-state index is 12.0. The SMILES string of the molecule is CCOS(=O)(=O)c1ccc(C)cc1OCCOCCN=[N+]=[N-]. The topological polar surface area (TPSA) is 111 Å². The van der Waals surface area contributed by atoms with E-state index >= 15 is 0 Å². The van der Waals surface area contributed by atoms with Gasteiger partial charge in [0.15, 0.2) is 0 Å². The Morgan fingerprint density at radius 1 is 1.27 bits per heavy atom. The van der Waals surface area contributed by atoms with E-state index < -0.39 is 10.1 Å². The smallest absolute Gasteiger partial charge is 0.300 e. The van der Waals surface area contributed by atoms with Gasteiger partial charge >= 0.3 is 10.1 Å². The Balaban J connectivity index is 2.65. The Morgan fingerprint density at radius 2 is 2.05 bits per heavy atom. The minimum absolute atomic E-state index is 0.00553. The minimum atomic E-state index is -3.83. The van der Waals surface area contributed by atoms with Crippen LogP contribution in [-0.2, 0) is 19.0 Å². The van der Waals surface area contributed by atoms with Crippen LogP contribution in [0.15, 0.2) is 28.2 Å².